The highest BCUT2D eigenvalue weighted by Crippen LogP contribution is 2.34. The lowest BCUT2D eigenvalue weighted by molar-refractivity contribution is -0.382. The Morgan fingerprint density at radius 3 is 2.67 bits per heavy atom. The summed E-state index contributed by atoms with van der Waals surface area (Å²) in [6.45, 7) is 9.29. The van der Waals surface area contributed by atoms with Crippen LogP contribution in [0.5, 0.6) is 0 Å². The number of aromatic nitrogens is 1. The van der Waals surface area contributed by atoms with Crippen molar-refractivity contribution in [3.8, 4) is 0 Å². The van der Waals surface area contributed by atoms with Gasteiger partial charge in [0.1, 0.15) is 5.69 Å². The van der Waals surface area contributed by atoms with E-state index < -0.39 is 0 Å². The van der Waals surface area contributed by atoms with Gasteiger partial charge in [-0.3, -0.25) is 15.1 Å². The van der Waals surface area contributed by atoms with Gasteiger partial charge in [-0.2, -0.15) is 0 Å². The molecular weight excluding hydrogens is 266 g/mol. The molecule has 0 atom stereocenters. The van der Waals surface area contributed by atoms with Crippen LogP contribution >= 0.6 is 0 Å². The van der Waals surface area contributed by atoms with Crippen molar-refractivity contribution in [2.45, 2.75) is 27.7 Å². The van der Waals surface area contributed by atoms with Crippen LogP contribution in [0, 0.1) is 21.4 Å². The molecule has 0 aliphatic carbocycles. The molecule has 5 heteroatoms. The SMILES string of the molecule is CC(C)C(C)(C)CNc1ccc2ncccc2c1[N+](=O)[O-]. The molecular formula is C16H21N3O2. The summed E-state index contributed by atoms with van der Waals surface area (Å²) in [5, 5.41) is 15.2. The fourth-order valence-corrected chi connectivity index (χ4v) is 2.00. The number of hydrogen-bond donors (Lipinski definition) is 1. The van der Waals surface area contributed by atoms with E-state index in [2.05, 4.69) is 38.0 Å². The molecule has 112 valence electrons. The smallest absolute Gasteiger partial charge is 0.301 e. The summed E-state index contributed by atoms with van der Waals surface area (Å²) in [5.41, 5.74) is 1.34. The van der Waals surface area contributed by atoms with Gasteiger partial charge in [0, 0.05) is 12.7 Å². The van der Waals surface area contributed by atoms with E-state index >= 15 is 0 Å². The summed E-state index contributed by atoms with van der Waals surface area (Å²) in [7, 11) is 0. The van der Waals surface area contributed by atoms with E-state index in [4.69, 9.17) is 0 Å². The van der Waals surface area contributed by atoms with Gasteiger partial charge in [-0.1, -0.05) is 27.7 Å². The lowest BCUT2D eigenvalue weighted by Gasteiger charge is -2.29. The fraction of sp³-hybridized carbons (Fsp3) is 0.438. The van der Waals surface area contributed by atoms with Gasteiger partial charge in [0.15, 0.2) is 0 Å². The minimum Gasteiger partial charge on any atom is -0.379 e. The number of fused-ring (bicyclic) bond motifs is 1. The van der Waals surface area contributed by atoms with Crippen molar-refractivity contribution in [1.29, 1.82) is 0 Å². The number of rotatable bonds is 5. The van der Waals surface area contributed by atoms with Crippen LogP contribution in [0.4, 0.5) is 11.4 Å². The van der Waals surface area contributed by atoms with Crippen LogP contribution in [-0.4, -0.2) is 16.5 Å². The van der Waals surface area contributed by atoms with Crippen LogP contribution in [0.3, 0.4) is 0 Å². The standard InChI is InChI=1S/C16H21N3O2/c1-11(2)16(3,4)10-18-14-8-7-13-12(6-5-9-17-13)15(14)19(20)21/h5-9,11,18H,10H2,1-4H3. The molecule has 1 aromatic heterocycles. The van der Waals surface area contributed by atoms with Crippen molar-refractivity contribution in [1.82, 2.24) is 4.98 Å². The fourth-order valence-electron chi connectivity index (χ4n) is 2.00. The Hall–Kier alpha value is -2.17. The molecule has 0 radical (unpaired) electrons. The van der Waals surface area contributed by atoms with E-state index in [9.17, 15) is 10.1 Å². The maximum atomic E-state index is 11.4. The second-order valence-corrected chi connectivity index (χ2v) is 6.29. The molecule has 0 fully saturated rings. The second-order valence-electron chi connectivity index (χ2n) is 6.29. The van der Waals surface area contributed by atoms with Gasteiger partial charge in [0.25, 0.3) is 0 Å². The van der Waals surface area contributed by atoms with Gasteiger partial charge in [-0.05, 0) is 35.6 Å². The zero-order valence-electron chi connectivity index (χ0n) is 12.9. The average Bonchev–Trinajstić information content (AvgIpc) is 2.43. The zero-order valence-corrected chi connectivity index (χ0v) is 12.9. The third-order valence-electron chi connectivity index (χ3n) is 4.24. The van der Waals surface area contributed by atoms with Crippen LogP contribution in [0.15, 0.2) is 30.5 Å². The third-order valence-corrected chi connectivity index (χ3v) is 4.24. The Balaban J connectivity index is 2.40. The summed E-state index contributed by atoms with van der Waals surface area (Å²) in [6, 6.07) is 7.01. The lowest BCUT2D eigenvalue weighted by atomic mass is 9.81. The summed E-state index contributed by atoms with van der Waals surface area (Å²) in [4.78, 5) is 15.3. The van der Waals surface area contributed by atoms with E-state index in [0.29, 0.717) is 29.1 Å². The second kappa shape index (κ2) is 5.68. The van der Waals surface area contributed by atoms with Gasteiger partial charge in [-0.15, -0.1) is 0 Å². The molecule has 1 N–H and O–H groups in total. The Kier molecular flexibility index (Phi) is 4.11. The van der Waals surface area contributed by atoms with Gasteiger partial charge >= 0.3 is 5.69 Å². The predicted octanol–water partition coefficient (Wildman–Crippen LogP) is 4.24. The van der Waals surface area contributed by atoms with Crippen molar-refractivity contribution in [2.24, 2.45) is 11.3 Å². The minimum absolute atomic E-state index is 0.0533. The Morgan fingerprint density at radius 1 is 1.33 bits per heavy atom. The van der Waals surface area contributed by atoms with Crippen LogP contribution < -0.4 is 5.32 Å². The zero-order chi connectivity index (χ0) is 15.6. The number of anilines is 1. The van der Waals surface area contributed by atoms with Crippen LogP contribution in [0.25, 0.3) is 10.9 Å². The highest BCUT2D eigenvalue weighted by atomic mass is 16.6. The summed E-state index contributed by atoms with van der Waals surface area (Å²) in [6.07, 6.45) is 1.64. The topological polar surface area (TPSA) is 68.1 Å². The number of benzene rings is 1. The van der Waals surface area contributed by atoms with E-state index in [0.717, 1.165) is 0 Å². The molecule has 0 unspecified atom stereocenters. The quantitative estimate of drug-likeness (QED) is 0.659. The molecule has 0 aliphatic rings. The third kappa shape index (κ3) is 3.12. The minimum atomic E-state index is -0.339. The number of nitrogens with zero attached hydrogens (tertiary/aromatic N) is 2. The molecule has 21 heavy (non-hydrogen) atoms. The Bertz CT molecular complexity index is 666. The highest BCUT2D eigenvalue weighted by Gasteiger charge is 2.24. The van der Waals surface area contributed by atoms with Gasteiger partial charge in [0.05, 0.1) is 15.8 Å². The molecule has 1 heterocycles. The number of nitro groups is 1. The summed E-state index contributed by atoms with van der Waals surface area (Å²) in [5.74, 6) is 0.478. The van der Waals surface area contributed by atoms with Crippen LogP contribution in [-0.2, 0) is 0 Å². The van der Waals surface area contributed by atoms with Crippen molar-refractivity contribution in [3.63, 3.8) is 0 Å². The number of nitro benzene ring substituents is 1. The number of pyridine rings is 1. The summed E-state index contributed by atoms with van der Waals surface area (Å²) >= 11 is 0. The largest absolute Gasteiger partial charge is 0.379 e. The molecule has 1 aromatic carbocycles. The highest BCUT2D eigenvalue weighted by molar-refractivity contribution is 5.94. The van der Waals surface area contributed by atoms with Crippen molar-refractivity contribution < 1.29 is 4.92 Å². The first-order valence-electron chi connectivity index (χ1n) is 7.09. The molecule has 0 bridgehead atoms. The van der Waals surface area contributed by atoms with Gasteiger partial charge < -0.3 is 5.32 Å². The van der Waals surface area contributed by atoms with Crippen LogP contribution in [0.1, 0.15) is 27.7 Å². The Labute approximate surface area is 124 Å². The Morgan fingerprint density at radius 2 is 2.05 bits per heavy atom. The predicted molar refractivity (Wildman–Crippen MR) is 85.5 cm³/mol. The molecule has 0 saturated carbocycles. The van der Waals surface area contributed by atoms with Gasteiger partial charge in [0.2, 0.25) is 0 Å². The van der Waals surface area contributed by atoms with Crippen molar-refractivity contribution in [3.05, 3.63) is 40.6 Å². The van der Waals surface area contributed by atoms with E-state index in [1.54, 1.807) is 24.4 Å². The average molecular weight is 287 g/mol. The number of nitrogens with one attached hydrogen (secondary N) is 1. The normalized spacial score (nSPS) is 11.9. The van der Waals surface area contributed by atoms with Crippen molar-refractivity contribution in [2.75, 3.05) is 11.9 Å². The first kappa shape index (κ1) is 15.2. The maximum Gasteiger partial charge on any atom is 0.301 e. The molecule has 0 spiro atoms. The monoisotopic (exact) mass is 287 g/mol. The molecule has 0 amide bonds. The first-order valence-corrected chi connectivity index (χ1v) is 7.09. The molecule has 5 nitrogen and oxygen atoms in total. The van der Waals surface area contributed by atoms with Crippen molar-refractivity contribution >= 4 is 22.3 Å². The van der Waals surface area contributed by atoms with E-state index in [-0.39, 0.29) is 16.0 Å². The van der Waals surface area contributed by atoms with E-state index in [1.165, 1.54) is 0 Å². The van der Waals surface area contributed by atoms with E-state index in [1.807, 2.05) is 6.07 Å². The lowest BCUT2D eigenvalue weighted by Crippen LogP contribution is -2.28. The maximum absolute atomic E-state index is 11.4. The van der Waals surface area contributed by atoms with Crippen LogP contribution in [0.2, 0.25) is 0 Å². The molecule has 0 saturated heterocycles. The molecule has 2 aromatic rings. The molecule has 2 rings (SSSR count). The number of hydrogen-bond acceptors (Lipinski definition) is 4. The van der Waals surface area contributed by atoms with Gasteiger partial charge in [-0.25, -0.2) is 0 Å². The molecule has 0 aliphatic heterocycles. The summed E-state index contributed by atoms with van der Waals surface area (Å²) < 4.78 is 0. The first-order chi connectivity index (χ1) is 9.83.